The second-order valence-electron chi connectivity index (χ2n) is 5.49. The Bertz CT molecular complexity index is 570. The Balaban J connectivity index is 2.22. The van der Waals surface area contributed by atoms with E-state index < -0.39 is 10.0 Å². The second kappa shape index (κ2) is 6.22. The lowest BCUT2D eigenvalue weighted by Gasteiger charge is -2.22. The SMILES string of the molecule is CC(CNS(=O)(=O)c1cccc2c1CCNC2)N(C)C. The van der Waals surface area contributed by atoms with E-state index in [1.54, 1.807) is 6.07 Å². The Hall–Kier alpha value is -0.950. The van der Waals surface area contributed by atoms with E-state index in [1.165, 1.54) is 0 Å². The normalized spacial score (nSPS) is 17.0. The van der Waals surface area contributed by atoms with Crippen molar-refractivity contribution in [3.8, 4) is 0 Å². The Morgan fingerprint density at radius 1 is 1.40 bits per heavy atom. The van der Waals surface area contributed by atoms with E-state index in [4.69, 9.17) is 0 Å². The average molecular weight is 297 g/mol. The first kappa shape index (κ1) is 15.4. The van der Waals surface area contributed by atoms with Crippen molar-refractivity contribution in [2.75, 3.05) is 27.2 Å². The summed E-state index contributed by atoms with van der Waals surface area (Å²) in [6.07, 6.45) is 0.760. The molecule has 0 bridgehead atoms. The number of hydrogen-bond donors (Lipinski definition) is 2. The largest absolute Gasteiger partial charge is 0.312 e. The van der Waals surface area contributed by atoms with Gasteiger partial charge in [0, 0.05) is 19.1 Å². The van der Waals surface area contributed by atoms with Crippen LogP contribution in [0.1, 0.15) is 18.1 Å². The summed E-state index contributed by atoms with van der Waals surface area (Å²) in [5, 5.41) is 3.26. The highest BCUT2D eigenvalue weighted by Crippen LogP contribution is 2.22. The molecule has 20 heavy (non-hydrogen) atoms. The van der Waals surface area contributed by atoms with Gasteiger partial charge in [-0.15, -0.1) is 0 Å². The Morgan fingerprint density at radius 3 is 2.85 bits per heavy atom. The van der Waals surface area contributed by atoms with Gasteiger partial charge in [0.05, 0.1) is 4.90 Å². The molecule has 5 nitrogen and oxygen atoms in total. The lowest BCUT2D eigenvalue weighted by atomic mass is 10.0. The van der Waals surface area contributed by atoms with Crippen LogP contribution in [0.15, 0.2) is 23.1 Å². The van der Waals surface area contributed by atoms with Gasteiger partial charge in [-0.3, -0.25) is 0 Å². The third-order valence-electron chi connectivity index (χ3n) is 3.84. The fourth-order valence-electron chi connectivity index (χ4n) is 2.24. The molecule has 0 radical (unpaired) electrons. The number of hydrogen-bond acceptors (Lipinski definition) is 4. The van der Waals surface area contributed by atoms with Crippen molar-refractivity contribution in [3.05, 3.63) is 29.3 Å². The predicted molar refractivity (Wildman–Crippen MR) is 80.2 cm³/mol. The van der Waals surface area contributed by atoms with Crippen molar-refractivity contribution < 1.29 is 8.42 Å². The molecule has 0 aliphatic carbocycles. The summed E-state index contributed by atoms with van der Waals surface area (Å²) in [6, 6.07) is 5.66. The molecule has 1 heterocycles. The molecular formula is C14H23N3O2S. The molecule has 112 valence electrons. The number of sulfonamides is 1. The number of nitrogens with zero attached hydrogens (tertiary/aromatic N) is 1. The fourth-order valence-corrected chi connectivity index (χ4v) is 3.67. The van der Waals surface area contributed by atoms with Crippen molar-refractivity contribution in [3.63, 3.8) is 0 Å². The van der Waals surface area contributed by atoms with Crippen molar-refractivity contribution in [1.82, 2.24) is 14.9 Å². The van der Waals surface area contributed by atoms with Crippen LogP contribution in [0.3, 0.4) is 0 Å². The first-order chi connectivity index (χ1) is 9.42. The molecule has 1 unspecified atom stereocenters. The molecule has 0 saturated carbocycles. The van der Waals surface area contributed by atoms with Crippen LogP contribution in [0.5, 0.6) is 0 Å². The molecule has 2 rings (SSSR count). The molecule has 0 saturated heterocycles. The molecule has 2 N–H and O–H groups in total. The summed E-state index contributed by atoms with van der Waals surface area (Å²) >= 11 is 0. The summed E-state index contributed by atoms with van der Waals surface area (Å²) < 4.78 is 27.7. The Morgan fingerprint density at radius 2 is 2.15 bits per heavy atom. The van der Waals surface area contributed by atoms with Crippen LogP contribution >= 0.6 is 0 Å². The number of nitrogens with one attached hydrogen (secondary N) is 2. The molecule has 1 aromatic carbocycles. The minimum atomic E-state index is -3.43. The fraction of sp³-hybridized carbons (Fsp3) is 0.571. The molecule has 1 aromatic rings. The maximum Gasteiger partial charge on any atom is 0.240 e. The van der Waals surface area contributed by atoms with Gasteiger partial charge in [0.1, 0.15) is 0 Å². The lowest BCUT2D eigenvalue weighted by molar-refractivity contribution is 0.314. The van der Waals surface area contributed by atoms with Crippen molar-refractivity contribution in [2.45, 2.75) is 30.8 Å². The topological polar surface area (TPSA) is 61.4 Å². The van der Waals surface area contributed by atoms with E-state index >= 15 is 0 Å². The maximum absolute atomic E-state index is 12.5. The zero-order valence-corrected chi connectivity index (χ0v) is 13.1. The summed E-state index contributed by atoms with van der Waals surface area (Å²) in [7, 11) is 0.444. The third-order valence-corrected chi connectivity index (χ3v) is 5.35. The third kappa shape index (κ3) is 3.38. The molecule has 0 aromatic heterocycles. The average Bonchev–Trinajstić information content (AvgIpc) is 2.44. The van der Waals surface area contributed by atoms with Gasteiger partial charge in [-0.05, 0) is 51.2 Å². The smallest absolute Gasteiger partial charge is 0.240 e. The molecule has 1 aliphatic rings. The van der Waals surface area contributed by atoms with E-state index in [0.29, 0.717) is 11.4 Å². The zero-order chi connectivity index (χ0) is 14.8. The summed E-state index contributed by atoms with van der Waals surface area (Å²) in [5.74, 6) is 0. The van der Waals surface area contributed by atoms with Crippen LogP contribution in [0.4, 0.5) is 0 Å². The van der Waals surface area contributed by atoms with Gasteiger partial charge in [-0.25, -0.2) is 13.1 Å². The van der Waals surface area contributed by atoms with Gasteiger partial charge in [0.2, 0.25) is 10.0 Å². The monoisotopic (exact) mass is 297 g/mol. The highest BCUT2D eigenvalue weighted by atomic mass is 32.2. The Kier molecular flexibility index (Phi) is 4.80. The van der Waals surface area contributed by atoms with Gasteiger partial charge in [0.25, 0.3) is 0 Å². The maximum atomic E-state index is 12.5. The predicted octanol–water partition coefficient (Wildman–Crippen LogP) is 0.561. The summed E-state index contributed by atoms with van der Waals surface area (Å²) in [4.78, 5) is 2.43. The van der Waals surface area contributed by atoms with E-state index in [9.17, 15) is 8.42 Å². The van der Waals surface area contributed by atoms with Crippen LogP contribution in [0.25, 0.3) is 0 Å². The van der Waals surface area contributed by atoms with Gasteiger partial charge >= 0.3 is 0 Å². The minimum Gasteiger partial charge on any atom is -0.312 e. The van der Waals surface area contributed by atoms with Crippen molar-refractivity contribution >= 4 is 10.0 Å². The quantitative estimate of drug-likeness (QED) is 0.834. The van der Waals surface area contributed by atoms with Gasteiger partial charge in [0.15, 0.2) is 0 Å². The van der Waals surface area contributed by atoms with Crippen LogP contribution in [-0.2, 0) is 23.0 Å². The van der Waals surface area contributed by atoms with Crippen LogP contribution in [0, 0.1) is 0 Å². The van der Waals surface area contributed by atoms with E-state index in [0.717, 1.165) is 30.6 Å². The minimum absolute atomic E-state index is 0.158. The number of rotatable bonds is 5. The van der Waals surface area contributed by atoms with Gasteiger partial charge in [-0.1, -0.05) is 12.1 Å². The molecule has 0 spiro atoms. The lowest BCUT2D eigenvalue weighted by Crippen LogP contribution is -2.38. The zero-order valence-electron chi connectivity index (χ0n) is 12.3. The molecule has 0 fully saturated rings. The van der Waals surface area contributed by atoms with Crippen LogP contribution in [0.2, 0.25) is 0 Å². The summed E-state index contributed by atoms with van der Waals surface area (Å²) in [6.45, 7) is 3.98. The van der Waals surface area contributed by atoms with Crippen molar-refractivity contribution in [1.29, 1.82) is 0 Å². The Labute approximate surface area is 121 Å². The second-order valence-corrected chi connectivity index (χ2v) is 7.22. The van der Waals surface area contributed by atoms with Gasteiger partial charge < -0.3 is 10.2 Å². The molecular weight excluding hydrogens is 274 g/mol. The van der Waals surface area contributed by atoms with Crippen molar-refractivity contribution in [2.24, 2.45) is 0 Å². The van der Waals surface area contributed by atoms with Gasteiger partial charge in [-0.2, -0.15) is 0 Å². The first-order valence-electron chi connectivity index (χ1n) is 6.89. The van der Waals surface area contributed by atoms with E-state index in [1.807, 2.05) is 38.1 Å². The van der Waals surface area contributed by atoms with Crippen LogP contribution < -0.4 is 10.0 Å². The molecule has 0 amide bonds. The number of fused-ring (bicyclic) bond motifs is 1. The van der Waals surface area contributed by atoms with Crippen LogP contribution in [-0.4, -0.2) is 46.5 Å². The molecule has 1 atom stereocenters. The van der Waals surface area contributed by atoms with E-state index in [2.05, 4.69) is 10.0 Å². The summed E-state index contributed by atoms with van der Waals surface area (Å²) in [5.41, 5.74) is 2.04. The number of likely N-dealkylation sites (N-methyl/N-ethyl adjacent to an activating group) is 1. The molecule has 6 heteroatoms. The first-order valence-corrected chi connectivity index (χ1v) is 8.37. The molecule has 1 aliphatic heterocycles. The number of benzene rings is 1. The highest BCUT2D eigenvalue weighted by molar-refractivity contribution is 7.89. The highest BCUT2D eigenvalue weighted by Gasteiger charge is 2.22. The van der Waals surface area contributed by atoms with E-state index in [-0.39, 0.29) is 6.04 Å². The standard InChI is InChI=1S/C14H23N3O2S/c1-11(17(2)3)9-16-20(18,19)14-6-4-5-12-10-15-8-7-13(12)14/h4-6,11,15-16H,7-10H2,1-3H3.